The molecule has 1 aromatic rings. The Kier molecular flexibility index (Phi) is 4.11. The molecule has 0 amide bonds. The van der Waals surface area contributed by atoms with E-state index < -0.39 is 0 Å². The minimum atomic E-state index is 0.925. The molecule has 0 spiro atoms. The van der Waals surface area contributed by atoms with E-state index in [1.54, 1.807) is 12.3 Å². The van der Waals surface area contributed by atoms with Gasteiger partial charge >= 0.3 is 0 Å². The van der Waals surface area contributed by atoms with E-state index in [1.807, 2.05) is 31.2 Å². The zero-order chi connectivity index (χ0) is 11.1. The van der Waals surface area contributed by atoms with Crippen LogP contribution in [-0.2, 0) is 4.84 Å². The molecule has 76 valence electrons. The van der Waals surface area contributed by atoms with Crippen LogP contribution in [0.15, 0.2) is 29.4 Å². The Bertz CT molecular complexity index is 428. The lowest BCUT2D eigenvalue weighted by atomic mass is 10.0. The molecule has 0 atom stereocenters. The topological polar surface area (TPSA) is 45.4 Å². The first-order chi connectivity index (χ1) is 7.27. The molecule has 0 radical (unpaired) electrons. The number of nitrogens with zero attached hydrogens (tertiary/aromatic N) is 2. The average molecular weight is 200 g/mol. The van der Waals surface area contributed by atoms with Crippen LogP contribution in [0.4, 0.5) is 0 Å². The first-order valence-electron chi connectivity index (χ1n) is 4.51. The monoisotopic (exact) mass is 200 g/mol. The summed E-state index contributed by atoms with van der Waals surface area (Å²) in [7, 11) is 1.50. The van der Waals surface area contributed by atoms with Crippen LogP contribution in [0.25, 0.3) is 6.08 Å². The molecule has 0 aliphatic rings. The third kappa shape index (κ3) is 3.28. The van der Waals surface area contributed by atoms with Crippen LogP contribution in [0.2, 0.25) is 0 Å². The summed E-state index contributed by atoms with van der Waals surface area (Å²) in [5.74, 6) is 0. The van der Waals surface area contributed by atoms with Crippen molar-refractivity contribution in [2.24, 2.45) is 5.16 Å². The molecule has 0 aliphatic carbocycles. The maximum absolute atomic E-state index is 8.47. The highest BCUT2D eigenvalue weighted by Crippen LogP contribution is 2.11. The van der Waals surface area contributed by atoms with Crippen LogP contribution in [0.5, 0.6) is 0 Å². The van der Waals surface area contributed by atoms with Gasteiger partial charge in [0.1, 0.15) is 7.11 Å². The summed E-state index contributed by atoms with van der Waals surface area (Å²) in [6.07, 6.45) is 4.82. The summed E-state index contributed by atoms with van der Waals surface area (Å²) >= 11 is 0. The van der Waals surface area contributed by atoms with Gasteiger partial charge in [0.25, 0.3) is 0 Å². The molecule has 0 fully saturated rings. The number of hydrogen-bond donors (Lipinski definition) is 0. The molecule has 0 saturated heterocycles. The zero-order valence-corrected chi connectivity index (χ0v) is 8.77. The van der Waals surface area contributed by atoms with E-state index in [9.17, 15) is 0 Å². The first kappa shape index (κ1) is 11.0. The van der Waals surface area contributed by atoms with Crippen LogP contribution in [0.1, 0.15) is 16.7 Å². The molecule has 1 aromatic carbocycles. The summed E-state index contributed by atoms with van der Waals surface area (Å²) in [6, 6.07) is 7.88. The second kappa shape index (κ2) is 5.61. The van der Waals surface area contributed by atoms with Crippen molar-refractivity contribution in [1.29, 1.82) is 5.26 Å². The number of rotatable bonds is 3. The van der Waals surface area contributed by atoms with E-state index in [1.165, 1.54) is 13.2 Å². The van der Waals surface area contributed by atoms with E-state index in [0.29, 0.717) is 0 Å². The predicted molar refractivity (Wildman–Crippen MR) is 60.4 cm³/mol. The molecule has 15 heavy (non-hydrogen) atoms. The Morgan fingerprint density at radius 1 is 1.40 bits per heavy atom. The normalized spacial score (nSPS) is 10.7. The van der Waals surface area contributed by atoms with Crippen LogP contribution < -0.4 is 0 Å². The minimum absolute atomic E-state index is 0.925. The number of nitriles is 1. The minimum Gasteiger partial charge on any atom is -0.399 e. The van der Waals surface area contributed by atoms with Gasteiger partial charge in [-0.1, -0.05) is 28.9 Å². The summed E-state index contributed by atoms with van der Waals surface area (Å²) in [4.78, 5) is 4.62. The van der Waals surface area contributed by atoms with Crippen molar-refractivity contribution in [2.75, 3.05) is 7.11 Å². The smallest absolute Gasteiger partial charge is 0.106 e. The largest absolute Gasteiger partial charge is 0.399 e. The Hall–Kier alpha value is -2.08. The van der Waals surface area contributed by atoms with Crippen molar-refractivity contribution < 1.29 is 4.84 Å². The van der Waals surface area contributed by atoms with Gasteiger partial charge < -0.3 is 4.84 Å². The maximum atomic E-state index is 8.47. The number of oxime groups is 1. The molecular weight excluding hydrogens is 188 g/mol. The predicted octanol–water partition coefficient (Wildman–Crippen LogP) is 2.51. The van der Waals surface area contributed by atoms with Crippen LogP contribution in [-0.4, -0.2) is 13.3 Å². The van der Waals surface area contributed by atoms with E-state index in [2.05, 4.69) is 9.99 Å². The molecule has 0 heterocycles. The lowest BCUT2D eigenvalue weighted by Crippen LogP contribution is -1.88. The van der Waals surface area contributed by atoms with Gasteiger partial charge in [0.15, 0.2) is 0 Å². The number of hydrogen-bond acceptors (Lipinski definition) is 3. The summed E-state index contributed by atoms with van der Waals surface area (Å²) < 4.78 is 0. The lowest BCUT2D eigenvalue weighted by Gasteiger charge is -2.01. The highest BCUT2D eigenvalue weighted by molar-refractivity contribution is 5.85. The Morgan fingerprint density at radius 2 is 2.20 bits per heavy atom. The molecule has 0 aromatic heterocycles. The van der Waals surface area contributed by atoms with Crippen LogP contribution in [0.3, 0.4) is 0 Å². The van der Waals surface area contributed by atoms with Gasteiger partial charge in [0.2, 0.25) is 0 Å². The molecule has 0 unspecified atom stereocenters. The van der Waals surface area contributed by atoms with E-state index in [0.717, 1.165) is 16.7 Å². The quantitative estimate of drug-likeness (QED) is 0.427. The van der Waals surface area contributed by atoms with Crippen LogP contribution in [0, 0.1) is 18.3 Å². The SMILES string of the molecule is CO/N=C/c1ccc(C)cc1/C=C/C#N. The fourth-order valence-electron chi connectivity index (χ4n) is 1.19. The van der Waals surface area contributed by atoms with Gasteiger partial charge in [0.05, 0.1) is 12.3 Å². The van der Waals surface area contributed by atoms with Crippen molar-refractivity contribution in [3.05, 3.63) is 41.0 Å². The van der Waals surface area contributed by atoms with E-state index in [-0.39, 0.29) is 0 Å². The van der Waals surface area contributed by atoms with Gasteiger partial charge in [-0.2, -0.15) is 5.26 Å². The molecule has 3 heteroatoms. The third-order valence-electron chi connectivity index (χ3n) is 1.88. The highest BCUT2D eigenvalue weighted by atomic mass is 16.6. The molecule has 0 bridgehead atoms. The van der Waals surface area contributed by atoms with E-state index >= 15 is 0 Å². The van der Waals surface area contributed by atoms with Crippen molar-refractivity contribution in [2.45, 2.75) is 6.92 Å². The van der Waals surface area contributed by atoms with E-state index in [4.69, 9.17) is 5.26 Å². The molecule has 0 aliphatic heterocycles. The van der Waals surface area contributed by atoms with Crippen molar-refractivity contribution >= 4 is 12.3 Å². The first-order valence-corrected chi connectivity index (χ1v) is 4.51. The van der Waals surface area contributed by atoms with Crippen LogP contribution >= 0.6 is 0 Å². The van der Waals surface area contributed by atoms with Gasteiger partial charge in [-0.3, -0.25) is 0 Å². The Labute approximate surface area is 89.3 Å². The van der Waals surface area contributed by atoms with Crippen molar-refractivity contribution in [3.8, 4) is 6.07 Å². The fourth-order valence-corrected chi connectivity index (χ4v) is 1.19. The summed E-state index contributed by atoms with van der Waals surface area (Å²) in [5.41, 5.74) is 3.02. The Balaban J connectivity index is 3.09. The molecule has 0 saturated carbocycles. The standard InChI is InChI=1S/C12H12N2O/c1-10-5-6-12(9-14-15-2)11(8-10)4-3-7-13/h3-6,8-9H,1-2H3/b4-3+,14-9+. The lowest BCUT2D eigenvalue weighted by molar-refractivity contribution is 0.215. The zero-order valence-electron chi connectivity index (χ0n) is 8.77. The van der Waals surface area contributed by atoms with Crippen molar-refractivity contribution in [1.82, 2.24) is 0 Å². The van der Waals surface area contributed by atoms with Gasteiger partial charge in [-0.05, 0) is 18.6 Å². The molecular formula is C12H12N2O. The van der Waals surface area contributed by atoms with Gasteiger partial charge in [-0.15, -0.1) is 0 Å². The fraction of sp³-hybridized carbons (Fsp3) is 0.167. The summed E-state index contributed by atoms with van der Waals surface area (Å²) in [5, 5.41) is 12.2. The average Bonchev–Trinajstić information content (AvgIpc) is 2.25. The summed E-state index contributed by atoms with van der Waals surface area (Å²) in [6.45, 7) is 2.00. The maximum Gasteiger partial charge on any atom is 0.106 e. The highest BCUT2D eigenvalue weighted by Gasteiger charge is 1.97. The molecule has 3 nitrogen and oxygen atoms in total. The molecule has 1 rings (SSSR count). The third-order valence-corrected chi connectivity index (χ3v) is 1.88. The number of aryl methyl sites for hydroxylation is 1. The number of allylic oxidation sites excluding steroid dienone is 1. The number of benzene rings is 1. The van der Waals surface area contributed by atoms with Crippen molar-refractivity contribution in [3.63, 3.8) is 0 Å². The second-order valence-electron chi connectivity index (χ2n) is 3.01. The Morgan fingerprint density at radius 3 is 2.87 bits per heavy atom. The second-order valence-corrected chi connectivity index (χ2v) is 3.01. The molecule has 0 N–H and O–H groups in total. The van der Waals surface area contributed by atoms with Gasteiger partial charge in [0, 0.05) is 11.6 Å². The van der Waals surface area contributed by atoms with Gasteiger partial charge in [-0.25, -0.2) is 0 Å².